The normalized spacial score (nSPS) is 21.0. The molecule has 2 aliphatic rings. The lowest BCUT2D eigenvalue weighted by Crippen LogP contribution is -2.34. The minimum Gasteiger partial charge on any atom is -0.362 e. The molecule has 0 amide bonds. The third-order valence-corrected chi connectivity index (χ3v) is 7.84. The van der Waals surface area contributed by atoms with Crippen LogP contribution in [0.5, 0.6) is 0 Å². The van der Waals surface area contributed by atoms with Gasteiger partial charge in [-0.05, 0) is 38.5 Å². The summed E-state index contributed by atoms with van der Waals surface area (Å²) in [6.45, 7) is 13.3. The quantitative estimate of drug-likeness (QED) is 0.281. The predicted molar refractivity (Wildman–Crippen MR) is 155 cm³/mol. The van der Waals surface area contributed by atoms with Crippen LogP contribution >= 0.6 is 0 Å². The zero-order valence-electron chi connectivity index (χ0n) is 23.5. The molecule has 0 aromatic heterocycles. The maximum absolute atomic E-state index is 5.72. The Kier molecular flexibility index (Phi) is 7.72. The highest BCUT2D eigenvalue weighted by Crippen LogP contribution is 2.48. The molecule has 0 radical (unpaired) electrons. The average Bonchev–Trinajstić information content (AvgIpc) is 3.26. The molecule has 0 saturated carbocycles. The molecule has 2 aromatic carbocycles. The highest BCUT2D eigenvalue weighted by molar-refractivity contribution is 6.03. The third kappa shape index (κ3) is 4.76. The van der Waals surface area contributed by atoms with Crippen molar-refractivity contribution in [2.45, 2.75) is 64.8 Å². The Balaban J connectivity index is 1.56. The van der Waals surface area contributed by atoms with Gasteiger partial charge in [-0.25, -0.2) is 0 Å². The van der Waals surface area contributed by atoms with Gasteiger partial charge in [-0.1, -0.05) is 80.6 Å². The highest BCUT2D eigenvalue weighted by Gasteiger charge is 2.46. The highest BCUT2D eigenvalue weighted by atomic mass is 16.5. The van der Waals surface area contributed by atoms with E-state index in [-0.39, 0.29) is 23.3 Å². The summed E-state index contributed by atoms with van der Waals surface area (Å²) in [5, 5.41) is 0. The van der Waals surface area contributed by atoms with Crippen LogP contribution in [0.2, 0.25) is 0 Å². The summed E-state index contributed by atoms with van der Waals surface area (Å²) in [6, 6.07) is 17.2. The maximum atomic E-state index is 5.72. The summed E-state index contributed by atoms with van der Waals surface area (Å²) in [5.41, 5.74) is 7.34. The number of para-hydroxylation sites is 2. The van der Waals surface area contributed by atoms with Crippen molar-refractivity contribution in [3.63, 3.8) is 0 Å². The fraction of sp³-hybridized carbons (Fsp3) is 0.364. The monoisotopic (exact) mass is 497 g/mol. The van der Waals surface area contributed by atoms with E-state index in [4.69, 9.17) is 9.47 Å². The van der Waals surface area contributed by atoms with Gasteiger partial charge in [0.1, 0.15) is 6.23 Å². The molecular weight excluding hydrogens is 456 g/mol. The SMILES string of the molecule is COC(C)N1C(=CC=CC=CC=CC2=[N+](C(C)OC)c3ccccc3C2(C)C)C(C)(C)c2ccccc21. The van der Waals surface area contributed by atoms with Crippen molar-refractivity contribution in [3.8, 4) is 0 Å². The Bertz CT molecular complexity index is 1290. The predicted octanol–water partition coefficient (Wildman–Crippen LogP) is 7.40. The lowest BCUT2D eigenvalue weighted by molar-refractivity contribution is -0.532. The van der Waals surface area contributed by atoms with E-state index in [2.05, 4.69) is 142 Å². The number of benzene rings is 2. The summed E-state index contributed by atoms with van der Waals surface area (Å²) >= 11 is 0. The Morgan fingerprint density at radius 1 is 0.757 bits per heavy atom. The Morgan fingerprint density at radius 2 is 1.38 bits per heavy atom. The molecule has 0 N–H and O–H groups in total. The number of rotatable bonds is 8. The van der Waals surface area contributed by atoms with Gasteiger partial charge in [0.2, 0.25) is 5.69 Å². The van der Waals surface area contributed by atoms with E-state index in [0.29, 0.717) is 0 Å². The number of anilines is 1. The standard InChI is InChI=1S/C33H41N2O2/c1-24(36-7)34-28-20-16-14-18-26(28)32(3,4)30(34)22-12-10-9-11-13-23-31-33(5,6)27-19-15-17-21-29(27)35(31)25(2)37-8/h9-25H,1-8H3/q+1. The topological polar surface area (TPSA) is 24.7 Å². The van der Waals surface area contributed by atoms with Gasteiger partial charge in [0.05, 0.1) is 5.41 Å². The molecule has 194 valence electrons. The van der Waals surface area contributed by atoms with Gasteiger partial charge in [0.15, 0.2) is 5.71 Å². The van der Waals surface area contributed by atoms with E-state index in [9.17, 15) is 0 Å². The largest absolute Gasteiger partial charge is 0.362 e. The van der Waals surface area contributed by atoms with Crippen LogP contribution in [0.4, 0.5) is 11.4 Å². The number of allylic oxidation sites excluding steroid dienone is 8. The second-order valence-electron chi connectivity index (χ2n) is 10.8. The first-order valence-electron chi connectivity index (χ1n) is 13.1. The molecule has 2 atom stereocenters. The fourth-order valence-electron chi connectivity index (χ4n) is 5.62. The first-order valence-corrected chi connectivity index (χ1v) is 13.1. The van der Waals surface area contributed by atoms with Gasteiger partial charge in [-0.3, -0.25) is 0 Å². The van der Waals surface area contributed by atoms with Crippen LogP contribution < -0.4 is 4.90 Å². The van der Waals surface area contributed by atoms with E-state index in [1.165, 1.54) is 33.9 Å². The van der Waals surface area contributed by atoms with Crippen LogP contribution in [0, 0.1) is 0 Å². The summed E-state index contributed by atoms with van der Waals surface area (Å²) in [7, 11) is 3.52. The summed E-state index contributed by atoms with van der Waals surface area (Å²) < 4.78 is 13.7. The minimum absolute atomic E-state index is 0.0469. The average molecular weight is 498 g/mol. The zero-order chi connectivity index (χ0) is 26.8. The number of ether oxygens (including phenoxy) is 2. The van der Waals surface area contributed by atoms with Crippen LogP contribution in [-0.2, 0) is 20.3 Å². The van der Waals surface area contributed by atoms with Gasteiger partial charge in [0.25, 0.3) is 6.23 Å². The number of fused-ring (bicyclic) bond motifs is 2. The van der Waals surface area contributed by atoms with Crippen molar-refractivity contribution in [2.75, 3.05) is 19.1 Å². The van der Waals surface area contributed by atoms with Gasteiger partial charge < -0.3 is 14.4 Å². The smallest absolute Gasteiger partial charge is 0.260 e. The van der Waals surface area contributed by atoms with E-state index >= 15 is 0 Å². The lowest BCUT2D eigenvalue weighted by atomic mass is 9.81. The van der Waals surface area contributed by atoms with Crippen LogP contribution in [0.15, 0.2) is 96.8 Å². The number of hydrogen-bond donors (Lipinski definition) is 0. The van der Waals surface area contributed by atoms with Gasteiger partial charge in [-0.15, -0.1) is 0 Å². The van der Waals surface area contributed by atoms with E-state index in [0.717, 1.165) is 0 Å². The molecular formula is C33H41N2O2+. The van der Waals surface area contributed by atoms with Crippen LogP contribution in [-0.4, -0.2) is 37.0 Å². The van der Waals surface area contributed by atoms with Crippen molar-refractivity contribution in [1.29, 1.82) is 0 Å². The molecule has 4 rings (SSSR count). The molecule has 4 heteroatoms. The van der Waals surface area contributed by atoms with Crippen LogP contribution in [0.1, 0.15) is 52.7 Å². The molecule has 0 bridgehead atoms. The van der Waals surface area contributed by atoms with E-state index in [1.54, 1.807) is 14.2 Å². The van der Waals surface area contributed by atoms with Crippen molar-refractivity contribution < 1.29 is 14.0 Å². The van der Waals surface area contributed by atoms with Gasteiger partial charge in [-0.2, -0.15) is 4.58 Å². The second kappa shape index (κ2) is 10.6. The second-order valence-corrected chi connectivity index (χ2v) is 10.8. The van der Waals surface area contributed by atoms with Crippen LogP contribution in [0.25, 0.3) is 0 Å². The van der Waals surface area contributed by atoms with Crippen molar-refractivity contribution in [2.24, 2.45) is 0 Å². The lowest BCUT2D eigenvalue weighted by Gasteiger charge is -2.31. The molecule has 0 spiro atoms. The Morgan fingerprint density at radius 3 is 2.08 bits per heavy atom. The van der Waals surface area contributed by atoms with Crippen molar-refractivity contribution in [1.82, 2.24) is 0 Å². The summed E-state index contributed by atoms with van der Waals surface area (Å²) in [5.74, 6) is 0. The molecule has 2 aromatic rings. The minimum atomic E-state index is -0.0987. The van der Waals surface area contributed by atoms with E-state index in [1.807, 2.05) is 0 Å². The van der Waals surface area contributed by atoms with E-state index < -0.39 is 0 Å². The summed E-state index contributed by atoms with van der Waals surface area (Å²) in [6.07, 6.45) is 14.8. The molecule has 0 aliphatic carbocycles. The molecule has 37 heavy (non-hydrogen) atoms. The Labute approximate surface area is 222 Å². The van der Waals surface area contributed by atoms with Crippen LogP contribution in [0.3, 0.4) is 0 Å². The van der Waals surface area contributed by atoms with Gasteiger partial charge in [0, 0.05) is 55.6 Å². The number of methoxy groups -OCH3 is 2. The zero-order valence-corrected chi connectivity index (χ0v) is 23.5. The first kappa shape index (κ1) is 26.8. The first-order chi connectivity index (χ1) is 17.7. The molecule has 0 saturated heterocycles. The molecule has 2 aliphatic heterocycles. The number of hydrogen-bond acceptors (Lipinski definition) is 3. The summed E-state index contributed by atoms with van der Waals surface area (Å²) in [4.78, 5) is 2.30. The fourth-order valence-corrected chi connectivity index (χ4v) is 5.62. The van der Waals surface area contributed by atoms with Gasteiger partial charge >= 0.3 is 0 Å². The molecule has 4 nitrogen and oxygen atoms in total. The molecule has 0 fully saturated rings. The van der Waals surface area contributed by atoms with Crippen molar-refractivity contribution >= 4 is 17.1 Å². The molecule has 2 unspecified atom stereocenters. The number of nitrogens with zero attached hydrogens (tertiary/aromatic N) is 2. The van der Waals surface area contributed by atoms with Crippen molar-refractivity contribution in [3.05, 3.63) is 108 Å². The third-order valence-electron chi connectivity index (χ3n) is 7.84. The maximum Gasteiger partial charge on any atom is 0.260 e. The Hall–Kier alpha value is -3.21. The molecule has 2 heterocycles.